The topological polar surface area (TPSA) is 42.9 Å². The Balaban J connectivity index is 2.29. The van der Waals surface area contributed by atoms with Crippen molar-refractivity contribution in [2.45, 2.75) is 10.8 Å². The fraction of sp³-hybridized carbons (Fsp3) is 0.167. The second-order valence-corrected chi connectivity index (χ2v) is 5.17. The molecule has 1 aromatic carbocycles. The molecule has 2 rings (SSSR count). The van der Waals surface area contributed by atoms with E-state index in [1.54, 1.807) is 18.6 Å². The average molecular weight is 267 g/mol. The normalized spacial score (nSPS) is 12.4. The van der Waals surface area contributed by atoms with Crippen molar-refractivity contribution in [3.05, 3.63) is 42.2 Å². The standard InChI is InChI=1S/C12H11ClN2OS/c1-17(16)11-4-2-10(3-5-11)12-14-7-9(6-13)8-15-12/h2-5,7-8H,6H2,1H3. The molecule has 1 unspecified atom stereocenters. The van der Waals surface area contributed by atoms with Crippen LogP contribution in [0.15, 0.2) is 41.6 Å². The molecule has 17 heavy (non-hydrogen) atoms. The molecule has 0 radical (unpaired) electrons. The first-order chi connectivity index (χ1) is 8.20. The summed E-state index contributed by atoms with van der Waals surface area (Å²) in [4.78, 5) is 9.24. The minimum absolute atomic E-state index is 0.411. The molecule has 0 saturated heterocycles. The van der Waals surface area contributed by atoms with E-state index in [0.29, 0.717) is 11.7 Å². The van der Waals surface area contributed by atoms with Gasteiger partial charge >= 0.3 is 0 Å². The molecule has 0 aliphatic carbocycles. The molecule has 1 heterocycles. The Morgan fingerprint density at radius 3 is 2.24 bits per heavy atom. The van der Waals surface area contributed by atoms with Crippen LogP contribution >= 0.6 is 11.6 Å². The molecule has 0 spiro atoms. The lowest BCUT2D eigenvalue weighted by Gasteiger charge is -2.02. The highest BCUT2D eigenvalue weighted by Gasteiger charge is 2.02. The van der Waals surface area contributed by atoms with E-state index < -0.39 is 10.8 Å². The molecule has 0 bridgehead atoms. The van der Waals surface area contributed by atoms with Crippen molar-refractivity contribution in [2.24, 2.45) is 0 Å². The SMILES string of the molecule is CS(=O)c1ccc(-c2ncc(CCl)cn2)cc1. The third-order valence-corrected chi connectivity index (χ3v) is 3.55. The van der Waals surface area contributed by atoms with Gasteiger partial charge in [0.15, 0.2) is 5.82 Å². The highest BCUT2D eigenvalue weighted by atomic mass is 35.5. The van der Waals surface area contributed by atoms with Crippen LogP contribution in [-0.2, 0) is 16.7 Å². The maximum absolute atomic E-state index is 11.2. The first-order valence-corrected chi connectivity index (χ1v) is 7.10. The van der Waals surface area contributed by atoms with Crippen LogP contribution in [0.4, 0.5) is 0 Å². The predicted octanol–water partition coefficient (Wildman–Crippen LogP) is 2.62. The van der Waals surface area contributed by atoms with E-state index in [9.17, 15) is 4.21 Å². The lowest BCUT2D eigenvalue weighted by molar-refractivity contribution is 0.687. The maximum atomic E-state index is 11.2. The molecular weight excluding hydrogens is 256 g/mol. The molecule has 0 fully saturated rings. The quantitative estimate of drug-likeness (QED) is 0.802. The molecule has 2 aromatic rings. The van der Waals surface area contributed by atoms with Gasteiger partial charge < -0.3 is 0 Å². The van der Waals surface area contributed by atoms with E-state index in [-0.39, 0.29) is 0 Å². The van der Waals surface area contributed by atoms with Crippen LogP contribution in [0.3, 0.4) is 0 Å². The summed E-state index contributed by atoms with van der Waals surface area (Å²) in [5.74, 6) is 1.06. The fourth-order valence-electron chi connectivity index (χ4n) is 1.37. The molecule has 1 atom stereocenters. The van der Waals surface area contributed by atoms with Crippen LogP contribution < -0.4 is 0 Å². The van der Waals surface area contributed by atoms with Crippen LogP contribution in [0.25, 0.3) is 11.4 Å². The first kappa shape index (κ1) is 12.2. The van der Waals surface area contributed by atoms with Gasteiger partial charge in [0.05, 0.1) is 5.88 Å². The van der Waals surface area contributed by atoms with Gasteiger partial charge in [-0.1, -0.05) is 0 Å². The molecule has 0 aliphatic heterocycles. The number of benzene rings is 1. The molecule has 0 N–H and O–H groups in total. The third-order valence-electron chi connectivity index (χ3n) is 2.30. The van der Waals surface area contributed by atoms with E-state index in [1.807, 2.05) is 24.3 Å². The molecule has 1 aromatic heterocycles. The first-order valence-electron chi connectivity index (χ1n) is 5.01. The van der Waals surface area contributed by atoms with Gasteiger partial charge in [-0.3, -0.25) is 4.21 Å². The van der Waals surface area contributed by atoms with Crippen molar-refractivity contribution in [1.82, 2.24) is 9.97 Å². The zero-order chi connectivity index (χ0) is 12.3. The van der Waals surface area contributed by atoms with Gasteiger partial charge in [-0.2, -0.15) is 0 Å². The van der Waals surface area contributed by atoms with Gasteiger partial charge in [0, 0.05) is 45.5 Å². The summed E-state index contributed by atoms with van der Waals surface area (Å²) in [5.41, 5.74) is 1.79. The van der Waals surface area contributed by atoms with Crippen molar-refractivity contribution < 1.29 is 4.21 Å². The molecule has 0 aliphatic rings. The van der Waals surface area contributed by atoms with Crippen LogP contribution in [0.1, 0.15) is 5.56 Å². The molecule has 0 saturated carbocycles. The number of nitrogens with zero attached hydrogens (tertiary/aromatic N) is 2. The van der Waals surface area contributed by atoms with Crippen LogP contribution in [0, 0.1) is 0 Å². The number of rotatable bonds is 3. The zero-order valence-corrected chi connectivity index (χ0v) is 10.8. The van der Waals surface area contributed by atoms with E-state index in [1.165, 1.54) is 0 Å². The van der Waals surface area contributed by atoms with E-state index in [2.05, 4.69) is 9.97 Å². The minimum atomic E-state index is -0.957. The van der Waals surface area contributed by atoms with Crippen LogP contribution in [-0.4, -0.2) is 20.4 Å². The van der Waals surface area contributed by atoms with Gasteiger partial charge in [0.25, 0.3) is 0 Å². The number of alkyl halides is 1. The molecule has 0 amide bonds. The third kappa shape index (κ3) is 2.90. The largest absolute Gasteiger partial charge is 0.255 e. The Bertz CT molecular complexity index is 525. The fourth-order valence-corrected chi connectivity index (χ4v) is 2.03. The Hall–Kier alpha value is -1.26. The summed E-state index contributed by atoms with van der Waals surface area (Å²) in [6.45, 7) is 0. The Labute approximate surface area is 107 Å². The Morgan fingerprint density at radius 2 is 1.76 bits per heavy atom. The number of hydrogen-bond acceptors (Lipinski definition) is 3. The van der Waals surface area contributed by atoms with Gasteiger partial charge in [-0.15, -0.1) is 11.6 Å². The monoisotopic (exact) mass is 266 g/mol. The summed E-state index contributed by atoms with van der Waals surface area (Å²) in [7, 11) is -0.957. The summed E-state index contributed by atoms with van der Waals surface area (Å²) in [6.07, 6.45) is 5.07. The zero-order valence-electron chi connectivity index (χ0n) is 9.26. The van der Waals surface area contributed by atoms with Crippen molar-refractivity contribution >= 4 is 22.4 Å². The lowest BCUT2D eigenvalue weighted by atomic mass is 10.2. The highest BCUT2D eigenvalue weighted by molar-refractivity contribution is 7.84. The average Bonchev–Trinajstić information content (AvgIpc) is 2.39. The molecule has 88 valence electrons. The molecular formula is C12H11ClN2OS. The molecule has 3 nitrogen and oxygen atoms in total. The van der Waals surface area contributed by atoms with Crippen molar-refractivity contribution in [2.75, 3.05) is 6.26 Å². The predicted molar refractivity (Wildman–Crippen MR) is 69.4 cm³/mol. The second-order valence-electron chi connectivity index (χ2n) is 3.53. The summed E-state index contributed by atoms with van der Waals surface area (Å²) >= 11 is 5.67. The van der Waals surface area contributed by atoms with Crippen molar-refractivity contribution in [1.29, 1.82) is 0 Å². The summed E-state index contributed by atoms with van der Waals surface area (Å²) in [6, 6.07) is 7.38. The van der Waals surface area contributed by atoms with Gasteiger partial charge in [0.1, 0.15) is 0 Å². The minimum Gasteiger partial charge on any atom is -0.255 e. The van der Waals surface area contributed by atoms with Gasteiger partial charge in [-0.05, 0) is 24.3 Å². The van der Waals surface area contributed by atoms with Crippen LogP contribution in [0.5, 0.6) is 0 Å². The van der Waals surface area contributed by atoms with Crippen molar-refractivity contribution in [3.8, 4) is 11.4 Å². The smallest absolute Gasteiger partial charge is 0.159 e. The number of halogens is 1. The maximum Gasteiger partial charge on any atom is 0.159 e. The Morgan fingerprint density at radius 1 is 1.18 bits per heavy atom. The van der Waals surface area contributed by atoms with Gasteiger partial charge in [0.2, 0.25) is 0 Å². The second kappa shape index (κ2) is 5.38. The van der Waals surface area contributed by atoms with Crippen LogP contribution in [0.2, 0.25) is 0 Å². The Kier molecular flexibility index (Phi) is 3.86. The number of aromatic nitrogens is 2. The van der Waals surface area contributed by atoms with E-state index in [0.717, 1.165) is 16.0 Å². The lowest BCUT2D eigenvalue weighted by Crippen LogP contribution is -1.92. The van der Waals surface area contributed by atoms with Crippen molar-refractivity contribution in [3.63, 3.8) is 0 Å². The summed E-state index contributed by atoms with van der Waals surface area (Å²) in [5, 5.41) is 0. The summed E-state index contributed by atoms with van der Waals surface area (Å²) < 4.78 is 11.2. The molecule has 5 heteroatoms. The van der Waals surface area contributed by atoms with E-state index in [4.69, 9.17) is 11.6 Å². The number of hydrogen-bond donors (Lipinski definition) is 0. The van der Waals surface area contributed by atoms with E-state index >= 15 is 0 Å². The van der Waals surface area contributed by atoms with Gasteiger partial charge in [-0.25, -0.2) is 9.97 Å². The highest BCUT2D eigenvalue weighted by Crippen LogP contribution is 2.16.